The predicted molar refractivity (Wildman–Crippen MR) is 64.3 cm³/mol. The molecular weight excluding hydrogens is 198 g/mol. The van der Waals surface area contributed by atoms with Crippen molar-refractivity contribution in [1.82, 2.24) is 4.98 Å². The molecule has 0 fully saturated rings. The number of hydrogen-bond donors (Lipinski definition) is 2. The fourth-order valence-corrected chi connectivity index (χ4v) is 2.39. The number of aliphatic hydroxyl groups is 1. The van der Waals surface area contributed by atoms with Crippen LogP contribution in [-0.2, 0) is 12.8 Å². The third-order valence-electron chi connectivity index (χ3n) is 3.26. The number of aromatic amines is 1. The van der Waals surface area contributed by atoms with Crippen molar-refractivity contribution in [1.29, 1.82) is 0 Å². The van der Waals surface area contributed by atoms with E-state index in [0.717, 1.165) is 19.3 Å². The van der Waals surface area contributed by atoms with Gasteiger partial charge in [-0.25, -0.2) is 0 Å². The Morgan fingerprint density at radius 1 is 1.19 bits per heavy atom. The molecule has 1 unspecified atom stereocenters. The van der Waals surface area contributed by atoms with Crippen LogP contribution in [0.2, 0.25) is 0 Å². The fourth-order valence-electron chi connectivity index (χ4n) is 2.39. The summed E-state index contributed by atoms with van der Waals surface area (Å²) >= 11 is 0. The van der Waals surface area contributed by atoms with E-state index in [1.165, 1.54) is 22.5 Å². The number of H-pyrrole nitrogens is 1. The maximum atomic E-state index is 9.62. The van der Waals surface area contributed by atoms with E-state index in [2.05, 4.69) is 23.2 Å². The molecule has 82 valence electrons. The van der Waals surface area contributed by atoms with Gasteiger partial charge in [0.05, 0.1) is 6.10 Å². The molecule has 0 saturated heterocycles. The summed E-state index contributed by atoms with van der Waals surface area (Å²) in [5.74, 6) is 0. The Morgan fingerprint density at radius 2 is 2.00 bits per heavy atom. The monoisotopic (exact) mass is 213 g/mol. The zero-order valence-corrected chi connectivity index (χ0v) is 9.11. The molecule has 0 spiro atoms. The van der Waals surface area contributed by atoms with Gasteiger partial charge >= 0.3 is 0 Å². The zero-order chi connectivity index (χ0) is 11.0. The number of rotatable bonds is 1. The molecule has 16 heavy (non-hydrogen) atoms. The van der Waals surface area contributed by atoms with Crippen LogP contribution in [0.3, 0.4) is 0 Å². The number of fused-ring (bicyclic) bond motifs is 1. The first-order valence-electron chi connectivity index (χ1n) is 5.77. The predicted octanol–water partition coefficient (Wildman–Crippen LogP) is 2.53. The Bertz CT molecular complexity index is 487. The van der Waals surface area contributed by atoms with E-state index < -0.39 is 0 Å². The van der Waals surface area contributed by atoms with E-state index in [0.29, 0.717) is 0 Å². The van der Waals surface area contributed by atoms with Crippen LogP contribution >= 0.6 is 0 Å². The van der Waals surface area contributed by atoms with Gasteiger partial charge in [0.15, 0.2) is 0 Å². The second-order valence-corrected chi connectivity index (χ2v) is 4.45. The van der Waals surface area contributed by atoms with Gasteiger partial charge in [-0.05, 0) is 30.0 Å². The lowest BCUT2D eigenvalue weighted by molar-refractivity contribution is 0.158. The van der Waals surface area contributed by atoms with Gasteiger partial charge in [-0.15, -0.1) is 0 Å². The second kappa shape index (κ2) is 3.80. The Morgan fingerprint density at radius 3 is 2.81 bits per heavy atom. The third kappa shape index (κ3) is 1.65. The normalized spacial score (nSPS) is 19.4. The van der Waals surface area contributed by atoms with Crippen molar-refractivity contribution >= 4 is 0 Å². The molecule has 2 aromatic rings. The lowest BCUT2D eigenvalue weighted by Crippen LogP contribution is -2.17. The average Bonchev–Trinajstić information content (AvgIpc) is 2.73. The Labute approximate surface area is 94.9 Å². The van der Waals surface area contributed by atoms with Gasteiger partial charge in [0.25, 0.3) is 0 Å². The number of hydrogen-bond acceptors (Lipinski definition) is 1. The van der Waals surface area contributed by atoms with Crippen molar-refractivity contribution in [2.45, 2.75) is 25.4 Å². The largest absolute Gasteiger partial charge is 0.393 e. The molecule has 2 N–H and O–H groups in total. The third-order valence-corrected chi connectivity index (χ3v) is 3.26. The summed E-state index contributed by atoms with van der Waals surface area (Å²) in [6.45, 7) is 0. The zero-order valence-electron chi connectivity index (χ0n) is 9.11. The summed E-state index contributed by atoms with van der Waals surface area (Å²) < 4.78 is 0. The smallest absolute Gasteiger partial charge is 0.0585 e. The van der Waals surface area contributed by atoms with E-state index in [1.54, 1.807) is 0 Å². The molecule has 1 aromatic carbocycles. The van der Waals surface area contributed by atoms with Crippen LogP contribution in [0.5, 0.6) is 0 Å². The maximum Gasteiger partial charge on any atom is 0.0585 e. The number of nitrogens with one attached hydrogen (secondary N) is 1. The molecular formula is C14H15NO. The first-order chi connectivity index (χ1) is 7.83. The minimum atomic E-state index is -0.160. The fraction of sp³-hybridized carbons (Fsp3) is 0.286. The van der Waals surface area contributed by atoms with Crippen LogP contribution in [0.4, 0.5) is 0 Å². The molecule has 0 aliphatic heterocycles. The summed E-state index contributed by atoms with van der Waals surface area (Å²) in [5.41, 5.74) is 4.95. The van der Waals surface area contributed by atoms with Crippen LogP contribution in [-0.4, -0.2) is 16.2 Å². The lowest BCUT2D eigenvalue weighted by atomic mass is 9.95. The van der Waals surface area contributed by atoms with E-state index >= 15 is 0 Å². The molecule has 1 aliphatic rings. The van der Waals surface area contributed by atoms with Gasteiger partial charge in [0, 0.05) is 17.8 Å². The summed E-state index contributed by atoms with van der Waals surface area (Å²) in [6, 6.07) is 12.5. The summed E-state index contributed by atoms with van der Waals surface area (Å²) in [4.78, 5) is 3.46. The number of aryl methyl sites for hydroxylation is 1. The van der Waals surface area contributed by atoms with Gasteiger partial charge in [-0.3, -0.25) is 0 Å². The first kappa shape index (κ1) is 9.67. The van der Waals surface area contributed by atoms with Gasteiger partial charge in [-0.2, -0.15) is 0 Å². The van der Waals surface area contributed by atoms with Crippen molar-refractivity contribution in [2.24, 2.45) is 0 Å². The molecule has 1 aromatic heterocycles. The van der Waals surface area contributed by atoms with Crippen LogP contribution < -0.4 is 0 Å². The number of benzene rings is 1. The van der Waals surface area contributed by atoms with E-state index in [4.69, 9.17) is 0 Å². The second-order valence-electron chi connectivity index (χ2n) is 4.45. The summed E-state index contributed by atoms with van der Waals surface area (Å²) in [7, 11) is 0. The minimum absolute atomic E-state index is 0.160. The van der Waals surface area contributed by atoms with Gasteiger partial charge in [0.2, 0.25) is 0 Å². The van der Waals surface area contributed by atoms with Crippen molar-refractivity contribution in [3.63, 3.8) is 0 Å². The molecule has 2 nitrogen and oxygen atoms in total. The van der Waals surface area contributed by atoms with Crippen molar-refractivity contribution in [3.05, 3.63) is 47.7 Å². The van der Waals surface area contributed by atoms with Crippen molar-refractivity contribution in [3.8, 4) is 11.3 Å². The number of aliphatic hydroxyl groups excluding tert-OH is 1. The highest BCUT2D eigenvalue weighted by molar-refractivity contribution is 5.61. The van der Waals surface area contributed by atoms with Crippen LogP contribution in [0.15, 0.2) is 36.4 Å². The topological polar surface area (TPSA) is 36.0 Å². The highest BCUT2D eigenvalue weighted by atomic mass is 16.3. The molecule has 1 aliphatic carbocycles. The SMILES string of the molecule is OC1CCc2[nH]c(-c3ccccc3)cc2C1. The van der Waals surface area contributed by atoms with E-state index in [9.17, 15) is 5.11 Å². The molecule has 0 amide bonds. The quantitative estimate of drug-likeness (QED) is 0.750. The summed E-state index contributed by atoms with van der Waals surface area (Å²) in [6.07, 6.45) is 2.47. The van der Waals surface area contributed by atoms with Crippen LogP contribution in [0, 0.1) is 0 Å². The Hall–Kier alpha value is -1.54. The molecule has 0 saturated carbocycles. The summed E-state index contributed by atoms with van der Waals surface area (Å²) in [5, 5.41) is 9.62. The van der Waals surface area contributed by atoms with Crippen LogP contribution in [0.1, 0.15) is 17.7 Å². The number of aromatic nitrogens is 1. The molecule has 3 rings (SSSR count). The molecule has 0 bridgehead atoms. The van der Waals surface area contributed by atoms with Crippen molar-refractivity contribution < 1.29 is 5.11 Å². The maximum absolute atomic E-state index is 9.62. The van der Waals surface area contributed by atoms with Crippen molar-refractivity contribution in [2.75, 3.05) is 0 Å². The molecule has 1 heterocycles. The van der Waals surface area contributed by atoms with Gasteiger partial charge < -0.3 is 10.1 Å². The first-order valence-corrected chi connectivity index (χ1v) is 5.77. The Kier molecular flexibility index (Phi) is 2.29. The van der Waals surface area contributed by atoms with E-state index in [-0.39, 0.29) is 6.10 Å². The highest BCUT2D eigenvalue weighted by Crippen LogP contribution is 2.27. The highest BCUT2D eigenvalue weighted by Gasteiger charge is 2.18. The average molecular weight is 213 g/mol. The standard InChI is InChI=1S/C14H15NO/c16-12-6-7-13-11(8-12)9-14(15-13)10-4-2-1-3-5-10/h1-5,9,12,15-16H,6-8H2. The van der Waals surface area contributed by atoms with Gasteiger partial charge in [0.1, 0.15) is 0 Å². The molecule has 0 radical (unpaired) electrons. The molecule has 1 atom stereocenters. The molecule has 2 heteroatoms. The van der Waals surface area contributed by atoms with Crippen LogP contribution in [0.25, 0.3) is 11.3 Å². The minimum Gasteiger partial charge on any atom is -0.393 e. The Balaban J connectivity index is 1.99. The lowest BCUT2D eigenvalue weighted by Gasteiger charge is -2.16. The van der Waals surface area contributed by atoms with Gasteiger partial charge in [-0.1, -0.05) is 30.3 Å². The van der Waals surface area contributed by atoms with E-state index in [1.807, 2.05) is 18.2 Å².